The monoisotopic (exact) mass is 315 g/mol. The lowest BCUT2D eigenvalue weighted by Crippen LogP contribution is -2.42. The maximum absolute atomic E-state index is 12.6. The fourth-order valence-electron chi connectivity index (χ4n) is 2.91. The highest BCUT2D eigenvalue weighted by Gasteiger charge is 2.50. The molecule has 3 rings (SSSR count). The van der Waals surface area contributed by atoms with Crippen LogP contribution >= 0.6 is 0 Å². The van der Waals surface area contributed by atoms with Gasteiger partial charge in [0.25, 0.3) is 0 Å². The van der Waals surface area contributed by atoms with Crippen molar-refractivity contribution in [2.24, 2.45) is 0 Å². The maximum atomic E-state index is 12.6. The van der Waals surface area contributed by atoms with E-state index in [2.05, 4.69) is 10.3 Å². The van der Waals surface area contributed by atoms with Crippen LogP contribution in [0.3, 0.4) is 0 Å². The first kappa shape index (κ1) is 14.9. The standard InChI is InChI=1S/C12H21N5O3S/c1-15(2)12(3-4-12)9-21(19,20)16-7-10(11(18)8-16)17-6-5-13-14-17/h5-6,10-11,18H,3-4,7-9H2,1-2H3/t10-,11-/m1/s1. The van der Waals surface area contributed by atoms with Gasteiger partial charge in [-0.3, -0.25) is 0 Å². The summed E-state index contributed by atoms with van der Waals surface area (Å²) in [5.41, 5.74) is -0.227. The molecule has 1 saturated heterocycles. The molecule has 0 radical (unpaired) electrons. The van der Waals surface area contributed by atoms with Crippen LogP contribution in [0.2, 0.25) is 0 Å². The van der Waals surface area contributed by atoms with E-state index in [1.165, 1.54) is 15.2 Å². The van der Waals surface area contributed by atoms with Crippen molar-refractivity contribution in [2.75, 3.05) is 32.9 Å². The summed E-state index contributed by atoms with van der Waals surface area (Å²) in [5, 5.41) is 17.7. The summed E-state index contributed by atoms with van der Waals surface area (Å²) in [6.45, 7) is 0.368. The number of aliphatic hydroxyl groups is 1. The minimum Gasteiger partial charge on any atom is -0.389 e. The van der Waals surface area contributed by atoms with Gasteiger partial charge in [-0.05, 0) is 26.9 Å². The summed E-state index contributed by atoms with van der Waals surface area (Å²) in [7, 11) is 0.446. The van der Waals surface area contributed by atoms with Gasteiger partial charge in [0.05, 0.1) is 24.1 Å². The summed E-state index contributed by atoms with van der Waals surface area (Å²) >= 11 is 0. The van der Waals surface area contributed by atoms with Gasteiger partial charge in [-0.15, -0.1) is 5.10 Å². The van der Waals surface area contributed by atoms with Gasteiger partial charge >= 0.3 is 0 Å². The van der Waals surface area contributed by atoms with E-state index in [9.17, 15) is 13.5 Å². The van der Waals surface area contributed by atoms with Crippen LogP contribution in [-0.2, 0) is 10.0 Å². The predicted octanol–water partition coefficient (Wildman–Crippen LogP) is -1.08. The number of nitrogens with zero attached hydrogens (tertiary/aromatic N) is 5. The molecule has 0 spiro atoms. The van der Waals surface area contributed by atoms with Gasteiger partial charge < -0.3 is 10.0 Å². The molecular formula is C12H21N5O3S. The first-order valence-electron chi connectivity index (χ1n) is 7.03. The van der Waals surface area contributed by atoms with E-state index in [0.29, 0.717) is 0 Å². The Morgan fingerprint density at radius 3 is 2.62 bits per heavy atom. The van der Waals surface area contributed by atoms with E-state index in [1.54, 1.807) is 6.20 Å². The maximum Gasteiger partial charge on any atom is 0.216 e. The van der Waals surface area contributed by atoms with Crippen LogP contribution in [0.15, 0.2) is 12.4 Å². The van der Waals surface area contributed by atoms with Crippen molar-refractivity contribution in [1.29, 1.82) is 0 Å². The van der Waals surface area contributed by atoms with Gasteiger partial charge in [-0.25, -0.2) is 13.1 Å². The van der Waals surface area contributed by atoms with Gasteiger partial charge in [-0.1, -0.05) is 5.21 Å². The van der Waals surface area contributed by atoms with Crippen LogP contribution in [0, 0.1) is 0 Å². The van der Waals surface area contributed by atoms with E-state index in [4.69, 9.17) is 0 Å². The van der Waals surface area contributed by atoms with Gasteiger partial charge in [0.15, 0.2) is 0 Å². The molecule has 1 aromatic heterocycles. The van der Waals surface area contributed by atoms with E-state index in [0.717, 1.165) is 12.8 Å². The molecule has 0 bridgehead atoms. The third-order valence-electron chi connectivity index (χ3n) is 4.63. The third kappa shape index (κ3) is 2.70. The number of sulfonamides is 1. The summed E-state index contributed by atoms with van der Waals surface area (Å²) < 4.78 is 28.1. The van der Waals surface area contributed by atoms with E-state index >= 15 is 0 Å². The lowest BCUT2D eigenvalue weighted by atomic mass is 10.2. The summed E-state index contributed by atoms with van der Waals surface area (Å²) in [4.78, 5) is 1.99. The molecular weight excluding hydrogens is 294 g/mol. The van der Waals surface area contributed by atoms with Crippen molar-refractivity contribution in [3.05, 3.63) is 12.4 Å². The number of rotatable bonds is 5. The molecule has 2 aliphatic rings. The lowest BCUT2D eigenvalue weighted by Gasteiger charge is -2.26. The molecule has 1 aliphatic heterocycles. The third-order valence-corrected chi connectivity index (χ3v) is 6.61. The minimum absolute atomic E-state index is 0.115. The molecule has 2 heterocycles. The second-order valence-corrected chi connectivity index (χ2v) is 8.18. The SMILES string of the molecule is CN(C)C1(CS(=O)(=O)N2C[C@@H](O)[C@H](n3ccnn3)C2)CC1. The zero-order chi connectivity index (χ0) is 15.3. The Morgan fingerprint density at radius 2 is 2.10 bits per heavy atom. The highest BCUT2D eigenvalue weighted by molar-refractivity contribution is 7.89. The fraction of sp³-hybridized carbons (Fsp3) is 0.833. The van der Waals surface area contributed by atoms with Crippen LogP contribution in [0.1, 0.15) is 18.9 Å². The summed E-state index contributed by atoms with van der Waals surface area (Å²) in [6, 6.07) is -0.364. The second kappa shape index (κ2) is 5.01. The quantitative estimate of drug-likeness (QED) is 0.743. The normalized spacial score (nSPS) is 29.1. The molecule has 1 saturated carbocycles. The first-order chi connectivity index (χ1) is 9.84. The molecule has 118 valence electrons. The van der Waals surface area contributed by atoms with Crippen molar-refractivity contribution in [3.8, 4) is 0 Å². The topological polar surface area (TPSA) is 91.6 Å². The smallest absolute Gasteiger partial charge is 0.216 e. The van der Waals surface area contributed by atoms with Gasteiger partial charge in [0.1, 0.15) is 0 Å². The first-order valence-corrected chi connectivity index (χ1v) is 8.64. The van der Waals surface area contributed by atoms with Crippen molar-refractivity contribution in [2.45, 2.75) is 30.5 Å². The number of β-amino-alcohol motifs (C(OH)–C–C–N with tert-alkyl or cyclic N) is 1. The average Bonchev–Trinajstić information content (AvgIpc) is 2.85. The summed E-state index contributed by atoms with van der Waals surface area (Å²) in [6.07, 6.45) is 4.22. The largest absolute Gasteiger partial charge is 0.389 e. The van der Waals surface area contributed by atoms with Crippen LogP contribution < -0.4 is 0 Å². The van der Waals surface area contributed by atoms with Gasteiger partial charge in [0.2, 0.25) is 10.0 Å². The van der Waals surface area contributed by atoms with Crippen molar-refractivity contribution in [3.63, 3.8) is 0 Å². The minimum atomic E-state index is -3.39. The number of aliphatic hydroxyl groups excluding tert-OH is 1. The molecule has 1 aromatic rings. The molecule has 1 N–H and O–H groups in total. The number of hydrogen-bond acceptors (Lipinski definition) is 6. The van der Waals surface area contributed by atoms with Crippen molar-refractivity contribution in [1.82, 2.24) is 24.2 Å². The molecule has 0 aromatic carbocycles. The lowest BCUT2D eigenvalue weighted by molar-refractivity contribution is 0.142. The summed E-state index contributed by atoms with van der Waals surface area (Å²) in [5.74, 6) is 0.115. The number of aromatic nitrogens is 3. The highest BCUT2D eigenvalue weighted by Crippen LogP contribution is 2.42. The highest BCUT2D eigenvalue weighted by atomic mass is 32.2. The molecule has 2 atom stereocenters. The second-order valence-electron chi connectivity index (χ2n) is 6.21. The number of hydrogen-bond donors (Lipinski definition) is 1. The molecule has 0 amide bonds. The zero-order valence-electron chi connectivity index (χ0n) is 12.3. The molecule has 21 heavy (non-hydrogen) atoms. The Labute approximate surface area is 124 Å². The predicted molar refractivity (Wildman–Crippen MR) is 76.1 cm³/mol. The zero-order valence-corrected chi connectivity index (χ0v) is 13.1. The Balaban J connectivity index is 1.73. The average molecular weight is 315 g/mol. The van der Waals surface area contributed by atoms with Gasteiger partial charge in [-0.2, -0.15) is 4.31 Å². The van der Waals surface area contributed by atoms with Crippen LogP contribution in [-0.4, -0.2) is 82.3 Å². The van der Waals surface area contributed by atoms with E-state index in [1.807, 2.05) is 19.0 Å². The van der Waals surface area contributed by atoms with Crippen molar-refractivity contribution >= 4 is 10.0 Å². The molecule has 2 fully saturated rings. The molecule has 9 heteroatoms. The van der Waals surface area contributed by atoms with Crippen LogP contribution in [0.25, 0.3) is 0 Å². The Bertz CT molecular complexity index is 596. The van der Waals surface area contributed by atoms with Crippen molar-refractivity contribution < 1.29 is 13.5 Å². The Morgan fingerprint density at radius 1 is 1.38 bits per heavy atom. The van der Waals surface area contributed by atoms with Gasteiger partial charge in [0, 0.05) is 24.8 Å². The Hall–Kier alpha value is -1.03. The van der Waals surface area contributed by atoms with Crippen LogP contribution in [0.4, 0.5) is 0 Å². The fourth-order valence-corrected chi connectivity index (χ4v) is 5.08. The molecule has 8 nitrogen and oxygen atoms in total. The molecule has 0 unspecified atom stereocenters. The Kier molecular flexibility index (Phi) is 3.55. The molecule has 1 aliphatic carbocycles. The van der Waals surface area contributed by atoms with E-state index < -0.39 is 16.1 Å². The van der Waals surface area contributed by atoms with Crippen LogP contribution in [0.5, 0.6) is 0 Å². The van der Waals surface area contributed by atoms with E-state index in [-0.39, 0.29) is 30.4 Å².